The van der Waals surface area contributed by atoms with E-state index in [0.717, 1.165) is 16.3 Å². The van der Waals surface area contributed by atoms with Gasteiger partial charge >= 0.3 is 5.63 Å². The van der Waals surface area contributed by atoms with E-state index in [1.54, 1.807) is 32.4 Å². The summed E-state index contributed by atoms with van der Waals surface area (Å²) in [4.78, 5) is 11.5. The molecule has 0 aliphatic carbocycles. The number of ether oxygens (including phenoxy) is 1. The van der Waals surface area contributed by atoms with E-state index < -0.39 is 0 Å². The van der Waals surface area contributed by atoms with Gasteiger partial charge in [0.05, 0.1) is 24.1 Å². The van der Waals surface area contributed by atoms with E-state index >= 15 is 0 Å². The maximum absolute atomic E-state index is 11.5. The first-order chi connectivity index (χ1) is 8.61. The van der Waals surface area contributed by atoms with Gasteiger partial charge < -0.3 is 13.6 Å². The Balaban J connectivity index is 2.60. The van der Waals surface area contributed by atoms with Crippen LogP contribution in [0, 0.1) is 13.8 Å². The highest BCUT2D eigenvalue weighted by molar-refractivity contribution is 6.02. The first-order valence-corrected chi connectivity index (χ1v) is 5.61. The second kappa shape index (κ2) is 3.63. The fraction of sp³-hybridized carbons (Fsp3) is 0.214. The Labute approximate surface area is 103 Å². The summed E-state index contributed by atoms with van der Waals surface area (Å²) in [5.41, 5.74) is 2.34. The van der Waals surface area contributed by atoms with E-state index in [0.29, 0.717) is 22.5 Å². The van der Waals surface area contributed by atoms with E-state index in [-0.39, 0.29) is 5.63 Å². The predicted molar refractivity (Wildman–Crippen MR) is 68.3 cm³/mol. The summed E-state index contributed by atoms with van der Waals surface area (Å²) in [6.07, 6.45) is 1.66. The van der Waals surface area contributed by atoms with Crippen LogP contribution in [0.5, 0.6) is 5.75 Å². The average Bonchev–Trinajstić information content (AvgIpc) is 2.70. The first kappa shape index (κ1) is 10.9. The lowest BCUT2D eigenvalue weighted by atomic mass is 10.1. The molecule has 0 saturated heterocycles. The van der Waals surface area contributed by atoms with Gasteiger partial charge in [0.2, 0.25) is 0 Å². The second-order valence-corrected chi connectivity index (χ2v) is 4.33. The fourth-order valence-corrected chi connectivity index (χ4v) is 2.19. The summed E-state index contributed by atoms with van der Waals surface area (Å²) >= 11 is 0. The SMILES string of the molecule is COc1c2cc(C)c(=O)oc2cc2occ(C)c12. The topological polar surface area (TPSA) is 52.6 Å². The third kappa shape index (κ3) is 1.35. The van der Waals surface area contributed by atoms with Crippen LogP contribution in [-0.4, -0.2) is 7.11 Å². The van der Waals surface area contributed by atoms with Crippen molar-refractivity contribution in [2.24, 2.45) is 0 Å². The Bertz CT molecular complexity index is 808. The highest BCUT2D eigenvalue weighted by Gasteiger charge is 2.15. The molecule has 4 nitrogen and oxygen atoms in total. The van der Waals surface area contributed by atoms with Gasteiger partial charge in [-0.05, 0) is 25.5 Å². The minimum atomic E-state index is -0.341. The molecule has 1 aromatic carbocycles. The molecule has 4 heteroatoms. The molecule has 2 aromatic heterocycles. The lowest BCUT2D eigenvalue weighted by Crippen LogP contribution is -2.02. The van der Waals surface area contributed by atoms with Gasteiger partial charge in [-0.1, -0.05) is 0 Å². The molecule has 0 aliphatic heterocycles. The number of hydrogen-bond acceptors (Lipinski definition) is 4. The monoisotopic (exact) mass is 244 g/mol. The van der Waals surface area contributed by atoms with Gasteiger partial charge in [-0.15, -0.1) is 0 Å². The predicted octanol–water partition coefficient (Wildman–Crippen LogP) is 3.16. The Morgan fingerprint density at radius 1 is 1.11 bits per heavy atom. The Hall–Kier alpha value is -2.23. The summed E-state index contributed by atoms with van der Waals surface area (Å²) in [6.45, 7) is 3.67. The highest BCUT2D eigenvalue weighted by atomic mass is 16.5. The lowest BCUT2D eigenvalue weighted by Gasteiger charge is -2.07. The van der Waals surface area contributed by atoms with E-state index in [2.05, 4.69) is 0 Å². The molecular formula is C14H12O4. The highest BCUT2D eigenvalue weighted by Crippen LogP contribution is 2.37. The van der Waals surface area contributed by atoms with Crippen LogP contribution in [0.25, 0.3) is 21.9 Å². The summed E-state index contributed by atoms with van der Waals surface area (Å²) in [7, 11) is 1.60. The van der Waals surface area contributed by atoms with Crippen LogP contribution in [0.1, 0.15) is 11.1 Å². The maximum Gasteiger partial charge on any atom is 0.339 e. The zero-order chi connectivity index (χ0) is 12.9. The smallest absolute Gasteiger partial charge is 0.339 e. The van der Waals surface area contributed by atoms with Crippen LogP contribution >= 0.6 is 0 Å². The number of methoxy groups -OCH3 is 1. The van der Waals surface area contributed by atoms with Crippen LogP contribution in [0.15, 0.2) is 32.0 Å². The summed E-state index contributed by atoms with van der Waals surface area (Å²) in [5.74, 6) is 0.681. The van der Waals surface area contributed by atoms with E-state index in [1.165, 1.54) is 0 Å². The molecule has 0 spiro atoms. The van der Waals surface area contributed by atoms with Gasteiger partial charge in [0, 0.05) is 11.6 Å². The molecule has 18 heavy (non-hydrogen) atoms. The van der Waals surface area contributed by atoms with Crippen LogP contribution in [-0.2, 0) is 0 Å². The van der Waals surface area contributed by atoms with Crippen LogP contribution in [0.3, 0.4) is 0 Å². The van der Waals surface area contributed by atoms with Crippen molar-refractivity contribution in [2.45, 2.75) is 13.8 Å². The van der Waals surface area contributed by atoms with Crippen molar-refractivity contribution < 1.29 is 13.6 Å². The molecule has 3 rings (SSSR count). The van der Waals surface area contributed by atoms with E-state index in [4.69, 9.17) is 13.6 Å². The minimum absolute atomic E-state index is 0.341. The van der Waals surface area contributed by atoms with Crippen molar-refractivity contribution in [3.8, 4) is 5.75 Å². The normalized spacial score (nSPS) is 11.3. The lowest BCUT2D eigenvalue weighted by molar-refractivity contribution is 0.423. The molecule has 0 radical (unpaired) electrons. The molecule has 0 unspecified atom stereocenters. The van der Waals surface area contributed by atoms with Crippen molar-refractivity contribution in [3.05, 3.63) is 39.9 Å². The summed E-state index contributed by atoms with van der Waals surface area (Å²) in [5, 5.41) is 1.70. The third-order valence-corrected chi connectivity index (χ3v) is 3.09. The van der Waals surface area contributed by atoms with Crippen molar-refractivity contribution in [1.82, 2.24) is 0 Å². The number of benzene rings is 1. The number of aryl methyl sites for hydroxylation is 2. The van der Waals surface area contributed by atoms with E-state index in [1.807, 2.05) is 6.92 Å². The zero-order valence-electron chi connectivity index (χ0n) is 10.4. The molecule has 2 heterocycles. The standard InChI is InChI=1S/C14H12O4/c1-7-4-9-10(18-14(7)15)5-11-12(13(9)16-3)8(2)6-17-11/h4-6H,1-3H3. The number of rotatable bonds is 1. The van der Waals surface area contributed by atoms with Gasteiger partial charge in [0.25, 0.3) is 0 Å². The van der Waals surface area contributed by atoms with Crippen LogP contribution in [0.2, 0.25) is 0 Å². The largest absolute Gasteiger partial charge is 0.495 e. The second-order valence-electron chi connectivity index (χ2n) is 4.33. The van der Waals surface area contributed by atoms with Crippen LogP contribution < -0.4 is 10.4 Å². The van der Waals surface area contributed by atoms with E-state index in [9.17, 15) is 4.79 Å². The molecule has 3 aromatic rings. The summed E-state index contributed by atoms with van der Waals surface area (Å²) in [6, 6.07) is 3.51. The Kier molecular flexibility index (Phi) is 2.20. The molecule has 0 saturated carbocycles. The quantitative estimate of drug-likeness (QED) is 0.617. The third-order valence-electron chi connectivity index (χ3n) is 3.09. The fourth-order valence-electron chi connectivity index (χ4n) is 2.19. The molecule has 0 bridgehead atoms. The molecule has 0 atom stereocenters. The van der Waals surface area contributed by atoms with Crippen LogP contribution in [0.4, 0.5) is 0 Å². The summed E-state index contributed by atoms with van der Waals surface area (Å²) < 4.78 is 16.1. The molecule has 92 valence electrons. The Morgan fingerprint density at radius 3 is 2.61 bits per heavy atom. The number of furan rings is 1. The average molecular weight is 244 g/mol. The van der Waals surface area contributed by atoms with Gasteiger partial charge in [0.15, 0.2) is 0 Å². The molecule has 0 aliphatic rings. The zero-order valence-corrected chi connectivity index (χ0v) is 10.4. The van der Waals surface area contributed by atoms with Gasteiger partial charge in [-0.25, -0.2) is 4.79 Å². The molecular weight excluding hydrogens is 232 g/mol. The molecule has 0 N–H and O–H groups in total. The minimum Gasteiger partial charge on any atom is -0.495 e. The Morgan fingerprint density at radius 2 is 1.89 bits per heavy atom. The van der Waals surface area contributed by atoms with Crippen molar-refractivity contribution >= 4 is 21.9 Å². The van der Waals surface area contributed by atoms with Gasteiger partial charge in [0.1, 0.15) is 16.9 Å². The van der Waals surface area contributed by atoms with Crippen molar-refractivity contribution in [3.63, 3.8) is 0 Å². The van der Waals surface area contributed by atoms with Gasteiger partial charge in [-0.2, -0.15) is 0 Å². The number of fused-ring (bicyclic) bond motifs is 2. The van der Waals surface area contributed by atoms with Crippen molar-refractivity contribution in [1.29, 1.82) is 0 Å². The maximum atomic E-state index is 11.5. The molecule has 0 amide bonds. The van der Waals surface area contributed by atoms with Crippen molar-refractivity contribution in [2.75, 3.05) is 7.11 Å². The van der Waals surface area contributed by atoms with Gasteiger partial charge in [-0.3, -0.25) is 0 Å². The molecule has 0 fully saturated rings. The number of hydrogen-bond donors (Lipinski definition) is 0. The first-order valence-electron chi connectivity index (χ1n) is 5.61.